The second-order valence-electron chi connectivity index (χ2n) is 6.49. The fourth-order valence-corrected chi connectivity index (χ4v) is 3.98. The van der Waals surface area contributed by atoms with Gasteiger partial charge in [-0.25, -0.2) is 4.79 Å². The molecule has 0 bridgehead atoms. The smallest absolute Gasteiger partial charge is 0.373 e. The van der Waals surface area contributed by atoms with E-state index < -0.39 is 5.97 Å². The molecule has 4 aromatic rings. The van der Waals surface area contributed by atoms with Crippen LogP contribution in [0.1, 0.15) is 36.1 Å². The number of para-hydroxylation sites is 1. The Kier molecular flexibility index (Phi) is 5.39. The van der Waals surface area contributed by atoms with Crippen LogP contribution in [0.3, 0.4) is 0 Å². The number of hydrogen-bond acceptors (Lipinski definition) is 7. The quantitative estimate of drug-likeness (QED) is 0.339. The molecular weight excluding hydrogens is 392 g/mol. The molecule has 0 aliphatic carbocycles. The number of aryl methyl sites for hydroxylation is 1. The van der Waals surface area contributed by atoms with Crippen LogP contribution >= 0.6 is 11.8 Å². The summed E-state index contributed by atoms with van der Waals surface area (Å²) in [6, 6.07) is 10.8. The summed E-state index contributed by atoms with van der Waals surface area (Å²) in [5.74, 6) is 1.25. The third kappa shape index (κ3) is 3.53. The van der Waals surface area contributed by atoms with Crippen LogP contribution in [0.4, 0.5) is 0 Å². The molecule has 0 spiro atoms. The summed E-state index contributed by atoms with van der Waals surface area (Å²) in [4.78, 5) is 24.5. The molecule has 0 atom stereocenters. The predicted molar refractivity (Wildman–Crippen MR) is 109 cm³/mol. The van der Waals surface area contributed by atoms with E-state index in [1.54, 1.807) is 16.7 Å². The average molecular weight is 412 g/mol. The van der Waals surface area contributed by atoms with Gasteiger partial charge in [0.2, 0.25) is 11.5 Å². The Morgan fingerprint density at radius 2 is 2.03 bits per heavy atom. The molecule has 0 saturated carbocycles. The van der Waals surface area contributed by atoms with Gasteiger partial charge in [0.05, 0.1) is 23.8 Å². The maximum Gasteiger partial charge on any atom is 0.373 e. The Morgan fingerprint density at radius 1 is 1.21 bits per heavy atom. The first-order valence-corrected chi connectivity index (χ1v) is 10.3. The summed E-state index contributed by atoms with van der Waals surface area (Å²) in [7, 11) is 1.31. The SMILES string of the molecule is CCCCn1c(=O)c2ccccc2n2c(SCc3ccc(C(=O)OC)o3)nnc12. The standard InChI is InChI=1S/C20H20N4O4S/c1-3-4-11-23-17(25)14-7-5-6-8-15(14)24-19(23)21-22-20(24)29-12-13-9-10-16(28-13)18(26)27-2/h5-10H,3-4,11-12H2,1-2H3. The lowest BCUT2D eigenvalue weighted by molar-refractivity contribution is 0.0563. The van der Waals surface area contributed by atoms with Gasteiger partial charge >= 0.3 is 5.97 Å². The summed E-state index contributed by atoms with van der Waals surface area (Å²) in [5, 5.41) is 9.88. The molecule has 0 radical (unpaired) electrons. The van der Waals surface area contributed by atoms with E-state index in [0.717, 1.165) is 18.4 Å². The van der Waals surface area contributed by atoms with Crippen LogP contribution in [0.25, 0.3) is 16.7 Å². The van der Waals surface area contributed by atoms with Gasteiger partial charge in [0, 0.05) is 6.54 Å². The summed E-state index contributed by atoms with van der Waals surface area (Å²) in [6.45, 7) is 2.67. The monoisotopic (exact) mass is 412 g/mol. The summed E-state index contributed by atoms with van der Waals surface area (Å²) < 4.78 is 13.8. The maximum atomic E-state index is 12.9. The van der Waals surface area contributed by atoms with E-state index in [9.17, 15) is 9.59 Å². The van der Waals surface area contributed by atoms with Crippen molar-refractivity contribution in [1.82, 2.24) is 19.2 Å². The van der Waals surface area contributed by atoms with E-state index in [2.05, 4.69) is 21.9 Å². The minimum atomic E-state index is -0.514. The third-order valence-electron chi connectivity index (χ3n) is 4.61. The average Bonchev–Trinajstić information content (AvgIpc) is 3.39. The minimum Gasteiger partial charge on any atom is -0.463 e. The lowest BCUT2D eigenvalue weighted by atomic mass is 10.2. The molecule has 8 nitrogen and oxygen atoms in total. The molecule has 0 aliphatic heterocycles. The lowest BCUT2D eigenvalue weighted by Gasteiger charge is -2.10. The van der Waals surface area contributed by atoms with E-state index >= 15 is 0 Å². The number of esters is 1. The van der Waals surface area contributed by atoms with Crippen LogP contribution in [0.15, 0.2) is 50.8 Å². The highest BCUT2D eigenvalue weighted by atomic mass is 32.2. The number of carbonyl (C=O) groups is 1. The Morgan fingerprint density at radius 3 is 2.83 bits per heavy atom. The summed E-state index contributed by atoms with van der Waals surface area (Å²) >= 11 is 1.42. The molecular formula is C20H20N4O4S. The van der Waals surface area contributed by atoms with Crippen molar-refractivity contribution < 1.29 is 13.9 Å². The molecule has 0 amide bonds. The molecule has 0 N–H and O–H groups in total. The summed E-state index contributed by atoms with van der Waals surface area (Å²) in [5.41, 5.74) is 0.710. The number of unbranched alkanes of at least 4 members (excludes halogenated alkanes) is 1. The van der Waals surface area contributed by atoms with Gasteiger partial charge < -0.3 is 9.15 Å². The van der Waals surface area contributed by atoms with E-state index in [4.69, 9.17) is 4.42 Å². The van der Waals surface area contributed by atoms with Crippen molar-refractivity contribution in [3.05, 3.63) is 58.3 Å². The fraction of sp³-hybridized carbons (Fsp3) is 0.300. The molecule has 150 valence electrons. The minimum absolute atomic E-state index is 0.0562. The molecule has 9 heteroatoms. The highest BCUT2D eigenvalue weighted by Gasteiger charge is 2.17. The maximum absolute atomic E-state index is 12.9. The zero-order valence-electron chi connectivity index (χ0n) is 16.1. The van der Waals surface area contributed by atoms with Gasteiger partial charge in [0.1, 0.15) is 5.76 Å². The van der Waals surface area contributed by atoms with Gasteiger partial charge in [-0.3, -0.25) is 13.8 Å². The van der Waals surface area contributed by atoms with E-state index in [1.165, 1.54) is 18.9 Å². The molecule has 0 aliphatic rings. The molecule has 3 aromatic heterocycles. The zero-order chi connectivity index (χ0) is 20.4. The van der Waals surface area contributed by atoms with Crippen molar-refractivity contribution in [1.29, 1.82) is 0 Å². The van der Waals surface area contributed by atoms with Crippen LogP contribution in [-0.2, 0) is 17.0 Å². The molecule has 1 aromatic carbocycles. The van der Waals surface area contributed by atoms with Crippen LogP contribution in [0.5, 0.6) is 0 Å². The Labute approximate surface area is 170 Å². The number of thioether (sulfide) groups is 1. The molecule has 3 heterocycles. The van der Waals surface area contributed by atoms with Crippen molar-refractivity contribution in [3.63, 3.8) is 0 Å². The normalized spacial score (nSPS) is 11.4. The number of rotatable bonds is 7. The van der Waals surface area contributed by atoms with Crippen LogP contribution in [0.2, 0.25) is 0 Å². The van der Waals surface area contributed by atoms with Gasteiger partial charge in [-0.05, 0) is 30.7 Å². The van der Waals surface area contributed by atoms with Gasteiger partial charge in [0.25, 0.3) is 5.56 Å². The van der Waals surface area contributed by atoms with Gasteiger partial charge in [-0.1, -0.05) is 37.2 Å². The molecule has 4 rings (SSSR count). The molecule has 29 heavy (non-hydrogen) atoms. The summed E-state index contributed by atoms with van der Waals surface area (Å²) in [6.07, 6.45) is 1.86. The number of furan rings is 1. The first kappa shape index (κ1) is 19.3. The zero-order valence-corrected chi connectivity index (χ0v) is 16.9. The van der Waals surface area contributed by atoms with Crippen molar-refractivity contribution in [2.45, 2.75) is 37.2 Å². The fourth-order valence-electron chi connectivity index (χ4n) is 3.15. The largest absolute Gasteiger partial charge is 0.463 e. The van der Waals surface area contributed by atoms with Crippen LogP contribution < -0.4 is 5.56 Å². The predicted octanol–water partition coefficient (Wildman–Crippen LogP) is 3.52. The van der Waals surface area contributed by atoms with Crippen molar-refractivity contribution in [3.8, 4) is 0 Å². The van der Waals surface area contributed by atoms with E-state index in [0.29, 0.717) is 34.4 Å². The molecule has 0 saturated heterocycles. The van der Waals surface area contributed by atoms with Gasteiger partial charge in [-0.2, -0.15) is 0 Å². The number of hydrogen-bond donors (Lipinski definition) is 0. The Balaban J connectivity index is 1.74. The third-order valence-corrected chi connectivity index (χ3v) is 5.56. The highest BCUT2D eigenvalue weighted by molar-refractivity contribution is 7.98. The number of methoxy groups -OCH3 is 1. The molecule has 0 unspecified atom stereocenters. The number of aromatic nitrogens is 4. The van der Waals surface area contributed by atoms with E-state index in [1.807, 2.05) is 28.7 Å². The van der Waals surface area contributed by atoms with Gasteiger partial charge in [0.15, 0.2) is 5.16 Å². The highest BCUT2D eigenvalue weighted by Crippen LogP contribution is 2.25. The second kappa shape index (κ2) is 8.12. The topological polar surface area (TPSA) is 91.6 Å². The molecule has 0 fully saturated rings. The number of carbonyl (C=O) groups excluding carboxylic acids is 1. The van der Waals surface area contributed by atoms with Gasteiger partial charge in [-0.15, -0.1) is 10.2 Å². The van der Waals surface area contributed by atoms with Crippen LogP contribution in [-0.4, -0.2) is 32.2 Å². The van der Waals surface area contributed by atoms with E-state index in [-0.39, 0.29) is 11.3 Å². The van der Waals surface area contributed by atoms with Crippen molar-refractivity contribution >= 4 is 34.4 Å². The number of benzene rings is 1. The second-order valence-corrected chi connectivity index (χ2v) is 7.43. The van der Waals surface area contributed by atoms with Crippen molar-refractivity contribution in [2.24, 2.45) is 0 Å². The lowest BCUT2D eigenvalue weighted by Crippen LogP contribution is -2.23. The number of ether oxygens (including phenoxy) is 1. The Hall–Kier alpha value is -3.07. The number of fused-ring (bicyclic) bond motifs is 3. The Bertz CT molecular complexity index is 1240. The first-order valence-electron chi connectivity index (χ1n) is 9.30. The first-order chi connectivity index (χ1) is 14.1. The number of nitrogens with zero attached hydrogens (tertiary/aromatic N) is 4. The van der Waals surface area contributed by atoms with Crippen LogP contribution in [0, 0.1) is 0 Å². The van der Waals surface area contributed by atoms with Crippen molar-refractivity contribution in [2.75, 3.05) is 7.11 Å².